The molecule has 35 heavy (non-hydrogen) atoms. The van der Waals surface area contributed by atoms with E-state index in [4.69, 9.17) is 36.3 Å². The number of aliphatic hydroxyl groups is 2. The third kappa shape index (κ3) is 4.58. The lowest BCUT2D eigenvalue weighted by molar-refractivity contribution is -0.745. The average Bonchev–Trinajstić information content (AvgIpc) is 3.40. The maximum absolute atomic E-state index is 12.8. The van der Waals surface area contributed by atoms with Gasteiger partial charge in [-0.2, -0.15) is 0 Å². The fourth-order valence-corrected chi connectivity index (χ4v) is 4.58. The van der Waals surface area contributed by atoms with Gasteiger partial charge in [-0.1, -0.05) is 16.6 Å². The maximum atomic E-state index is 12.8. The van der Waals surface area contributed by atoms with Crippen LogP contribution in [0.3, 0.4) is 0 Å². The molecule has 0 saturated carbocycles. The number of aromatic amines is 1. The molecular formula is C19H20ClN5O9P+. The second-order valence-corrected chi connectivity index (χ2v) is 9.68. The van der Waals surface area contributed by atoms with Gasteiger partial charge >= 0.3 is 13.5 Å². The Balaban J connectivity index is 1.54. The van der Waals surface area contributed by atoms with Gasteiger partial charge in [0.25, 0.3) is 11.5 Å². The summed E-state index contributed by atoms with van der Waals surface area (Å²) >= 11 is 6.04. The number of anilines is 1. The molecule has 14 nitrogen and oxygen atoms in total. The van der Waals surface area contributed by atoms with E-state index in [1.165, 1.54) is 15.5 Å². The lowest BCUT2D eigenvalue weighted by Crippen LogP contribution is -2.46. The normalized spacial score (nSPS) is 23.0. The zero-order valence-electron chi connectivity index (χ0n) is 17.7. The molecule has 1 saturated heterocycles. The summed E-state index contributed by atoms with van der Waals surface area (Å²) in [6.07, 6.45) is -4.20. The number of nitrogens with zero attached hydrogens (tertiary/aromatic N) is 3. The molecule has 0 spiro atoms. The van der Waals surface area contributed by atoms with Crippen LogP contribution in [0.25, 0.3) is 22.1 Å². The fourth-order valence-electron chi connectivity index (χ4n) is 4.06. The highest BCUT2D eigenvalue weighted by Gasteiger charge is 2.47. The van der Waals surface area contributed by atoms with Crippen molar-refractivity contribution in [2.75, 3.05) is 12.3 Å². The molecule has 0 amide bonds. The fraction of sp³-hybridized carbons (Fsp3) is 0.316. The van der Waals surface area contributed by atoms with Crippen LogP contribution in [0.1, 0.15) is 12.0 Å². The number of phosphoric ester groups is 1. The number of imidazole rings is 1. The first-order valence-electron chi connectivity index (χ1n) is 10.2. The van der Waals surface area contributed by atoms with Crippen molar-refractivity contribution in [2.45, 2.75) is 31.1 Å². The quantitative estimate of drug-likeness (QED) is 0.142. The van der Waals surface area contributed by atoms with Crippen LogP contribution in [0.4, 0.5) is 5.95 Å². The number of fused-ring (bicyclic) bond motifs is 2. The first-order valence-corrected chi connectivity index (χ1v) is 12.1. The number of hydrogen-bond donors (Lipinski definition) is 6. The van der Waals surface area contributed by atoms with Crippen LogP contribution in [0.2, 0.25) is 5.02 Å². The number of nitrogens with one attached hydrogen (secondary N) is 1. The summed E-state index contributed by atoms with van der Waals surface area (Å²) in [5, 5.41) is 22.2. The maximum Gasteiger partial charge on any atom is 0.469 e. The van der Waals surface area contributed by atoms with Crippen LogP contribution in [0.5, 0.6) is 0 Å². The number of rotatable bonds is 6. The molecule has 4 atom stereocenters. The molecule has 0 radical (unpaired) electrons. The highest BCUT2D eigenvalue weighted by Crippen LogP contribution is 2.38. The van der Waals surface area contributed by atoms with Gasteiger partial charge < -0.3 is 34.9 Å². The highest BCUT2D eigenvalue weighted by atomic mass is 35.5. The van der Waals surface area contributed by atoms with E-state index in [9.17, 15) is 19.6 Å². The number of H-pyrrole nitrogens is 1. The monoisotopic (exact) mass is 528 g/mol. The number of hydrogen-bond acceptors (Lipinski definition) is 9. The van der Waals surface area contributed by atoms with E-state index >= 15 is 0 Å². The molecule has 4 heterocycles. The Kier molecular flexibility index (Phi) is 5.94. The number of halogens is 1. The van der Waals surface area contributed by atoms with Gasteiger partial charge in [0.2, 0.25) is 11.7 Å². The number of nitrogen functional groups attached to an aromatic ring is 1. The van der Waals surface area contributed by atoms with Crippen molar-refractivity contribution < 1.29 is 42.8 Å². The Bertz CT molecular complexity index is 1530. The number of phosphoric acid groups is 1. The molecule has 1 aliphatic heterocycles. The largest absolute Gasteiger partial charge is 0.469 e. The summed E-state index contributed by atoms with van der Waals surface area (Å²) in [6, 6.07) is 6.89. The van der Waals surface area contributed by atoms with Crippen molar-refractivity contribution in [3.63, 3.8) is 0 Å². The van der Waals surface area contributed by atoms with E-state index < -0.39 is 44.5 Å². The van der Waals surface area contributed by atoms with Gasteiger partial charge in [-0.15, -0.1) is 0 Å². The first-order chi connectivity index (χ1) is 16.5. The minimum absolute atomic E-state index is 0.0400. The summed E-state index contributed by atoms with van der Waals surface area (Å²) in [5.74, 6) is 0.296. The molecule has 186 valence electrons. The molecule has 4 aromatic rings. The van der Waals surface area contributed by atoms with E-state index in [1.807, 2.05) is 0 Å². The lowest BCUT2D eigenvalue weighted by Gasteiger charge is -2.14. The van der Waals surface area contributed by atoms with Crippen molar-refractivity contribution in [2.24, 2.45) is 0 Å². The zero-order chi connectivity index (χ0) is 25.1. The molecule has 1 fully saturated rings. The predicted molar refractivity (Wildman–Crippen MR) is 119 cm³/mol. The Morgan fingerprint density at radius 2 is 2.06 bits per heavy atom. The number of furan rings is 1. The van der Waals surface area contributed by atoms with Gasteiger partial charge in [0, 0.05) is 10.4 Å². The summed E-state index contributed by atoms with van der Waals surface area (Å²) in [5.41, 5.74) is 5.87. The number of nitrogens with two attached hydrogens (primary N) is 1. The molecule has 1 aromatic carbocycles. The Morgan fingerprint density at radius 1 is 1.29 bits per heavy atom. The summed E-state index contributed by atoms with van der Waals surface area (Å²) in [7, 11) is -4.84. The highest BCUT2D eigenvalue weighted by molar-refractivity contribution is 7.46. The second-order valence-electron chi connectivity index (χ2n) is 8.00. The molecule has 0 aliphatic carbocycles. The van der Waals surface area contributed by atoms with E-state index in [2.05, 4.69) is 14.5 Å². The number of aliphatic hydroxyl groups excluding tert-OH is 2. The summed E-state index contributed by atoms with van der Waals surface area (Å²) in [6.45, 7) is -0.601. The molecule has 0 unspecified atom stereocenters. The van der Waals surface area contributed by atoms with E-state index in [0.29, 0.717) is 16.4 Å². The molecule has 3 aromatic heterocycles. The molecular weight excluding hydrogens is 509 g/mol. The minimum Gasteiger partial charge on any atom is -0.458 e. The minimum atomic E-state index is -4.84. The molecule has 7 N–H and O–H groups in total. The second kappa shape index (κ2) is 8.69. The predicted octanol–water partition coefficient (Wildman–Crippen LogP) is -0.229. The SMILES string of the molecule is Nc1nc2c(c(=O)[nH]1)n(Cc1cc3cc(Cl)ccc3o1)c[n+]2[C@@H]1O[C@H](COP(=O)(O)O)[C@@H](O)[C@H]1O. The number of aromatic nitrogens is 4. The number of benzene rings is 1. The van der Waals surface area contributed by atoms with Gasteiger partial charge in [0.15, 0.2) is 6.33 Å². The molecule has 1 aliphatic rings. The van der Waals surface area contributed by atoms with Crippen LogP contribution >= 0.6 is 19.4 Å². The van der Waals surface area contributed by atoms with Crippen molar-refractivity contribution in [1.82, 2.24) is 14.5 Å². The third-order valence-electron chi connectivity index (χ3n) is 5.56. The van der Waals surface area contributed by atoms with Gasteiger partial charge in [-0.05, 0) is 24.3 Å². The van der Waals surface area contributed by atoms with E-state index in [-0.39, 0.29) is 23.7 Å². The average molecular weight is 529 g/mol. The number of ether oxygens (including phenoxy) is 1. The van der Waals surface area contributed by atoms with Crippen LogP contribution < -0.4 is 15.9 Å². The Hall–Kier alpha value is -2.81. The van der Waals surface area contributed by atoms with Crippen LogP contribution in [-0.4, -0.2) is 59.5 Å². The summed E-state index contributed by atoms with van der Waals surface area (Å²) in [4.78, 5) is 37.2. The van der Waals surface area contributed by atoms with Gasteiger partial charge in [-0.25, -0.2) is 13.7 Å². The molecule has 5 rings (SSSR count). The van der Waals surface area contributed by atoms with Gasteiger partial charge in [-0.3, -0.25) is 14.3 Å². The van der Waals surface area contributed by atoms with E-state index in [0.717, 1.165) is 5.39 Å². The zero-order valence-corrected chi connectivity index (χ0v) is 19.3. The van der Waals surface area contributed by atoms with Crippen molar-refractivity contribution in [3.8, 4) is 0 Å². The van der Waals surface area contributed by atoms with Crippen molar-refractivity contribution >= 4 is 47.5 Å². The summed E-state index contributed by atoms with van der Waals surface area (Å²) < 4.78 is 29.7. The molecule has 16 heteroatoms. The van der Waals surface area contributed by atoms with Crippen LogP contribution in [0, 0.1) is 0 Å². The Morgan fingerprint density at radius 3 is 2.80 bits per heavy atom. The molecule has 0 bridgehead atoms. The first kappa shape index (κ1) is 23.9. The van der Waals surface area contributed by atoms with Crippen molar-refractivity contribution in [1.29, 1.82) is 0 Å². The van der Waals surface area contributed by atoms with Gasteiger partial charge in [0.1, 0.15) is 36.2 Å². The Labute approximate surface area is 200 Å². The smallest absolute Gasteiger partial charge is 0.458 e. The van der Waals surface area contributed by atoms with Gasteiger partial charge in [0.05, 0.1) is 6.61 Å². The standard InChI is InChI=1S/C19H19ClN5O9P/c20-9-1-2-11-8(3-9)4-10(33-11)5-24-7-25(16-13(24)17(28)23-19(21)22-16)18-15(27)14(26)12(34-18)6-32-35(29,30)31/h1-4,7,12,14-15,18,26-27H,5-6H2,(H4-,21,22,23,28,29,30,31)/p+1/t12-,14-,15-,18-/m1/s1. The van der Waals surface area contributed by atoms with E-state index in [1.54, 1.807) is 24.3 Å². The van der Waals surface area contributed by atoms with Crippen LogP contribution in [-0.2, 0) is 20.4 Å². The topological polar surface area (TPSA) is 210 Å². The third-order valence-corrected chi connectivity index (χ3v) is 6.28. The lowest BCUT2D eigenvalue weighted by atomic mass is 10.1. The van der Waals surface area contributed by atoms with Crippen molar-refractivity contribution in [3.05, 3.63) is 51.7 Å². The van der Waals surface area contributed by atoms with Crippen LogP contribution in [0.15, 0.2) is 39.8 Å².